The summed E-state index contributed by atoms with van der Waals surface area (Å²) in [7, 11) is 0. The molecule has 0 aromatic heterocycles. The minimum Gasteiger partial charge on any atom is -0.465 e. The summed E-state index contributed by atoms with van der Waals surface area (Å²) >= 11 is 0. The van der Waals surface area contributed by atoms with E-state index in [0.29, 0.717) is 13.2 Å². The van der Waals surface area contributed by atoms with Crippen molar-refractivity contribution in [2.75, 3.05) is 19.7 Å². The van der Waals surface area contributed by atoms with E-state index < -0.39 is 5.60 Å². The summed E-state index contributed by atoms with van der Waals surface area (Å²) in [5.74, 6) is -0.116. The average molecular weight is 255 g/mol. The molecule has 0 spiro atoms. The quantitative estimate of drug-likeness (QED) is 0.777. The number of hydrogen-bond acceptors (Lipinski definition) is 4. The highest BCUT2D eigenvalue weighted by molar-refractivity contribution is 5.76. The fourth-order valence-corrected chi connectivity index (χ4v) is 3.27. The number of aliphatic hydroxyl groups is 1. The van der Waals surface area contributed by atoms with Crippen molar-refractivity contribution >= 4 is 5.97 Å². The van der Waals surface area contributed by atoms with E-state index in [2.05, 4.69) is 4.90 Å². The van der Waals surface area contributed by atoms with Crippen LogP contribution in [0.5, 0.6) is 0 Å². The molecule has 1 N–H and O–H groups in total. The Balaban J connectivity index is 1.92. The first-order valence-corrected chi connectivity index (χ1v) is 7.28. The average Bonchev–Trinajstić information content (AvgIpc) is 2.77. The van der Waals surface area contributed by atoms with Crippen molar-refractivity contribution < 1.29 is 14.6 Å². The third-order valence-electron chi connectivity index (χ3n) is 4.20. The number of carbonyl (C=O) groups is 1. The number of likely N-dealkylation sites (tertiary alicyclic amines) is 1. The number of rotatable bonds is 4. The molecule has 1 saturated carbocycles. The molecule has 1 unspecified atom stereocenters. The van der Waals surface area contributed by atoms with Crippen LogP contribution in [0.3, 0.4) is 0 Å². The second-order valence-corrected chi connectivity index (χ2v) is 5.67. The molecular weight excluding hydrogens is 230 g/mol. The Morgan fingerprint density at radius 1 is 1.33 bits per heavy atom. The van der Waals surface area contributed by atoms with Crippen molar-refractivity contribution in [3.8, 4) is 0 Å². The predicted octanol–water partition coefficient (Wildman–Crippen LogP) is 1.71. The molecule has 18 heavy (non-hydrogen) atoms. The zero-order valence-electron chi connectivity index (χ0n) is 11.4. The Hall–Kier alpha value is -0.610. The van der Waals surface area contributed by atoms with Crippen LogP contribution in [0.4, 0.5) is 0 Å². The molecule has 4 nitrogen and oxygen atoms in total. The van der Waals surface area contributed by atoms with E-state index in [1.165, 1.54) is 6.42 Å². The molecule has 0 aromatic rings. The molecule has 1 atom stereocenters. The predicted molar refractivity (Wildman–Crippen MR) is 69.3 cm³/mol. The van der Waals surface area contributed by atoms with Gasteiger partial charge in [-0.25, -0.2) is 0 Å². The standard InChI is InChI=1S/C14H25NO3/c1-2-18-13(16)12-7-6-10-15(12)11-14(17)8-4-3-5-9-14/h12,17H,2-11H2,1H3. The van der Waals surface area contributed by atoms with Gasteiger partial charge in [0.25, 0.3) is 0 Å². The molecule has 104 valence electrons. The Kier molecular flexibility index (Phi) is 4.62. The van der Waals surface area contributed by atoms with E-state index >= 15 is 0 Å². The zero-order valence-corrected chi connectivity index (χ0v) is 11.4. The number of β-amino-alcohol motifs (C(OH)–C–C–N with tert-alkyl or cyclic N) is 1. The maximum Gasteiger partial charge on any atom is 0.323 e. The van der Waals surface area contributed by atoms with Gasteiger partial charge in [-0.1, -0.05) is 19.3 Å². The molecule has 2 aliphatic rings. The first-order chi connectivity index (χ1) is 8.64. The normalized spacial score (nSPS) is 28.2. The summed E-state index contributed by atoms with van der Waals surface area (Å²) < 4.78 is 5.12. The molecule has 0 aromatic carbocycles. The lowest BCUT2D eigenvalue weighted by molar-refractivity contribution is -0.149. The van der Waals surface area contributed by atoms with Crippen molar-refractivity contribution in [1.82, 2.24) is 4.90 Å². The zero-order chi connectivity index (χ0) is 13.0. The van der Waals surface area contributed by atoms with Crippen LogP contribution < -0.4 is 0 Å². The van der Waals surface area contributed by atoms with E-state index in [-0.39, 0.29) is 12.0 Å². The molecule has 2 fully saturated rings. The van der Waals surface area contributed by atoms with Crippen LogP contribution in [0.25, 0.3) is 0 Å². The highest BCUT2D eigenvalue weighted by atomic mass is 16.5. The molecule has 4 heteroatoms. The maximum absolute atomic E-state index is 11.9. The summed E-state index contributed by atoms with van der Waals surface area (Å²) in [6, 6.07) is -0.129. The van der Waals surface area contributed by atoms with Gasteiger partial charge in [-0.15, -0.1) is 0 Å². The summed E-state index contributed by atoms with van der Waals surface area (Å²) in [5, 5.41) is 10.6. The summed E-state index contributed by atoms with van der Waals surface area (Å²) in [6.45, 7) is 3.82. The van der Waals surface area contributed by atoms with Gasteiger partial charge in [0.2, 0.25) is 0 Å². The molecule has 1 heterocycles. The fraction of sp³-hybridized carbons (Fsp3) is 0.929. The lowest BCUT2D eigenvalue weighted by atomic mass is 9.84. The number of ether oxygens (including phenoxy) is 1. The van der Waals surface area contributed by atoms with E-state index in [1.54, 1.807) is 0 Å². The van der Waals surface area contributed by atoms with E-state index in [9.17, 15) is 9.90 Å². The van der Waals surface area contributed by atoms with Crippen LogP contribution >= 0.6 is 0 Å². The highest BCUT2D eigenvalue weighted by Crippen LogP contribution is 2.31. The fourth-order valence-electron chi connectivity index (χ4n) is 3.27. The van der Waals surface area contributed by atoms with Crippen LogP contribution in [-0.4, -0.2) is 47.3 Å². The second kappa shape index (κ2) is 6.02. The maximum atomic E-state index is 11.9. The van der Waals surface area contributed by atoms with Crippen molar-refractivity contribution in [2.24, 2.45) is 0 Å². The van der Waals surface area contributed by atoms with Gasteiger partial charge in [-0.3, -0.25) is 9.69 Å². The lowest BCUT2D eigenvalue weighted by Crippen LogP contribution is -2.48. The van der Waals surface area contributed by atoms with Gasteiger partial charge in [-0.2, -0.15) is 0 Å². The Bertz CT molecular complexity index is 287. The first-order valence-electron chi connectivity index (χ1n) is 7.28. The Morgan fingerprint density at radius 3 is 2.72 bits per heavy atom. The number of nitrogens with zero attached hydrogens (tertiary/aromatic N) is 1. The Labute approximate surface area is 109 Å². The first kappa shape index (κ1) is 13.8. The van der Waals surface area contributed by atoms with Crippen molar-refractivity contribution in [1.29, 1.82) is 0 Å². The van der Waals surface area contributed by atoms with Gasteiger partial charge in [-0.05, 0) is 39.2 Å². The smallest absolute Gasteiger partial charge is 0.323 e. The topological polar surface area (TPSA) is 49.8 Å². The van der Waals surface area contributed by atoms with Gasteiger partial charge in [0.15, 0.2) is 0 Å². The SMILES string of the molecule is CCOC(=O)C1CCCN1CC1(O)CCCCC1. The molecule has 0 bridgehead atoms. The van der Waals surface area contributed by atoms with Crippen molar-refractivity contribution in [2.45, 2.75) is 63.5 Å². The number of carbonyl (C=O) groups excluding carboxylic acids is 1. The largest absolute Gasteiger partial charge is 0.465 e. The lowest BCUT2D eigenvalue weighted by Gasteiger charge is -2.37. The van der Waals surface area contributed by atoms with Gasteiger partial charge >= 0.3 is 5.97 Å². The molecule has 1 saturated heterocycles. The van der Waals surface area contributed by atoms with Crippen LogP contribution in [0.2, 0.25) is 0 Å². The van der Waals surface area contributed by atoms with Gasteiger partial charge in [0, 0.05) is 6.54 Å². The van der Waals surface area contributed by atoms with E-state index in [4.69, 9.17) is 4.74 Å². The molecular formula is C14H25NO3. The minimum absolute atomic E-state index is 0.116. The van der Waals surface area contributed by atoms with Gasteiger partial charge in [0.05, 0.1) is 12.2 Å². The molecule has 1 aliphatic heterocycles. The van der Waals surface area contributed by atoms with E-state index in [1.807, 2.05) is 6.92 Å². The van der Waals surface area contributed by atoms with Gasteiger partial charge in [0.1, 0.15) is 6.04 Å². The van der Waals surface area contributed by atoms with Crippen LogP contribution in [0.1, 0.15) is 51.9 Å². The molecule has 2 rings (SSSR count). The van der Waals surface area contributed by atoms with Crippen LogP contribution in [-0.2, 0) is 9.53 Å². The highest BCUT2D eigenvalue weighted by Gasteiger charge is 2.38. The van der Waals surface area contributed by atoms with Crippen LogP contribution in [0, 0.1) is 0 Å². The third kappa shape index (κ3) is 3.23. The number of hydrogen-bond donors (Lipinski definition) is 1. The third-order valence-corrected chi connectivity index (χ3v) is 4.20. The van der Waals surface area contributed by atoms with E-state index in [0.717, 1.165) is 45.1 Å². The summed E-state index contributed by atoms with van der Waals surface area (Å²) in [6.07, 6.45) is 7.08. The second-order valence-electron chi connectivity index (χ2n) is 5.67. The van der Waals surface area contributed by atoms with Crippen molar-refractivity contribution in [3.63, 3.8) is 0 Å². The van der Waals surface area contributed by atoms with Crippen molar-refractivity contribution in [3.05, 3.63) is 0 Å². The summed E-state index contributed by atoms with van der Waals surface area (Å²) in [4.78, 5) is 14.0. The minimum atomic E-state index is -0.576. The number of esters is 1. The molecule has 1 aliphatic carbocycles. The Morgan fingerprint density at radius 2 is 2.06 bits per heavy atom. The monoisotopic (exact) mass is 255 g/mol. The molecule has 0 radical (unpaired) electrons. The molecule has 0 amide bonds. The van der Waals surface area contributed by atoms with Gasteiger partial charge < -0.3 is 9.84 Å². The summed E-state index contributed by atoms with van der Waals surface area (Å²) in [5.41, 5.74) is -0.576. The van der Waals surface area contributed by atoms with Crippen LogP contribution in [0.15, 0.2) is 0 Å².